The van der Waals surface area contributed by atoms with Gasteiger partial charge in [0.1, 0.15) is 11.5 Å². The van der Waals surface area contributed by atoms with Crippen molar-refractivity contribution in [3.8, 4) is 11.5 Å². The summed E-state index contributed by atoms with van der Waals surface area (Å²) in [5.74, 6) is -0.0996. The monoisotopic (exact) mass is 378 g/mol. The van der Waals surface area contributed by atoms with Crippen molar-refractivity contribution in [2.24, 2.45) is 0 Å². The van der Waals surface area contributed by atoms with Gasteiger partial charge in [0, 0.05) is 45.3 Å². The fourth-order valence-corrected chi connectivity index (χ4v) is 3.56. The number of esters is 2. The van der Waals surface area contributed by atoms with Gasteiger partial charge in [-0.05, 0) is 37.5 Å². The van der Waals surface area contributed by atoms with Crippen LogP contribution in [-0.2, 0) is 22.4 Å². The van der Waals surface area contributed by atoms with E-state index >= 15 is 0 Å². The van der Waals surface area contributed by atoms with E-state index in [0.29, 0.717) is 40.1 Å². The van der Waals surface area contributed by atoms with Gasteiger partial charge in [-0.25, -0.2) is 4.79 Å². The van der Waals surface area contributed by atoms with Crippen LogP contribution in [0.5, 0.6) is 11.5 Å². The van der Waals surface area contributed by atoms with Crippen molar-refractivity contribution >= 4 is 45.9 Å². The Bertz CT molecular complexity index is 889. The number of ether oxygens (including phenoxy) is 2. The van der Waals surface area contributed by atoms with Crippen LogP contribution in [0.25, 0.3) is 10.8 Å². The quantitative estimate of drug-likeness (QED) is 0.338. The Balaban J connectivity index is 2.36. The molecule has 130 valence electrons. The van der Waals surface area contributed by atoms with Crippen LogP contribution in [0.4, 0.5) is 0 Å². The number of carbonyl (C=O) groups excluding carboxylic acids is 2. The average molecular weight is 379 g/mol. The fourth-order valence-electron chi connectivity index (χ4n) is 3.13. The smallest absolute Gasteiger partial charge is 0.335 e. The van der Waals surface area contributed by atoms with Crippen molar-refractivity contribution in [3.63, 3.8) is 0 Å². The summed E-state index contributed by atoms with van der Waals surface area (Å²) in [5.41, 5.74) is 1.61. The van der Waals surface area contributed by atoms with Crippen molar-refractivity contribution in [3.05, 3.63) is 47.0 Å². The maximum Gasteiger partial charge on any atom is 0.335 e. The summed E-state index contributed by atoms with van der Waals surface area (Å²) in [4.78, 5) is 23.5. The van der Waals surface area contributed by atoms with E-state index in [2.05, 4.69) is 6.58 Å². The SMILES string of the molecule is C=CC(=O)Oc1c2c(c(OC(C)=O)c3cc(Cl)ccc13)CCC(Cl)C2. The third-order valence-electron chi connectivity index (χ3n) is 4.13. The van der Waals surface area contributed by atoms with Crippen LogP contribution in [0.3, 0.4) is 0 Å². The first kappa shape index (κ1) is 17.8. The van der Waals surface area contributed by atoms with Gasteiger partial charge in [-0.15, -0.1) is 11.6 Å². The molecule has 0 aromatic heterocycles. The Kier molecular flexibility index (Phi) is 5.02. The van der Waals surface area contributed by atoms with Crippen molar-refractivity contribution in [1.29, 1.82) is 0 Å². The Labute approximate surface area is 155 Å². The number of benzene rings is 2. The minimum absolute atomic E-state index is 0.0800. The zero-order valence-corrected chi connectivity index (χ0v) is 15.1. The van der Waals surface area contributed by atoms with Crippen LogP contribution < -0.4 is 9.47 Å². The molecule has 0 amide bonds. The lowest BCUT2D eigenvalue weighted by Gasteiger charge is -2.26. The topological polar surface area (TPSA) is 52.6 Å². The summed E-state index contributed by atoms with van der Waals surface area (Å²) in [6, 6.07) is 5.14. The van der Waals surface area contributed by atoms with Crippen molar-refractivity contribution in [2.45, 2.75) is 31.6 Å². The maximum absolute atomic E-state index is 11.8. The molecule has 0 saturated heterocycles. The van der Waals surface area contributed by atoms with Crippen LogP contribution in [0, 0.1) is 0 Å². The second-order valence-corrected chi connectivity index (χ2v) is 6.92. The predicted molar refractivity (Wildman–Crippen MR) is 97.8 cm³/mol. The van der Waals surface area contributed by atoms with E-state index in [-0.39, 0.29) is 5.38 Å². The second-order valence-electron chi connectivity index (χ2n) is 5.86. The minimum atomic E-state index is -0.560. The number of alkyl halides is 1. The summed E-state index contributed by atoms with van der Waals surface area (Å²) in [6.07, 6.45) is 2.98. The molecule has 0 fully saturated rings. The standard InChI is InChI=1S/C19H16Cl2O4/c1-3-17(23)25-19-14-7-5-11(20)8-15(14)18(24-10(2)22)13-6-4-12(21)9-16(13)19/h3,5,7-8,12H,1,4,6,9H2,2H3. The molecule has 1 unspecified atom stereocenters. The van der Waals surface area contributed by atoms with Crippen LogP contribution in [0.15, 0.2) is 30.9 Å². The maximum atomic E-state index is 11.8. The number of carbonyl (C=O) groups is 2. The Morgan fingerprint density at radius 3 is 2.60 bits per heavy atom. The zero-order valence-electron chi connectivity index (χ0n) is 13.6. The molecule has 3 rings (SSSR count). The normalized spacial score (nSPS) is 16.2. The molecule has 6 heteroatoms. The van der Waals surface area contributed by atoms with Gasteiger partial charge in [-0.1, -0.05) is 18.2 Å². The summed E-state index contributed by atoms with van der Waals surface area (Å²) >= 11 is 12.5. The second kappa shape index (κ2) is 7.06. The molecule has 4 nitrogen and oxygen atoms in total. The van der Waals surface area contributed by atoms with Gasteiger partial charge in [-0.2, -0.15) is 0 Å². The molecule has 0 spiro atoms. The largest absolute Gasteiger partial charge is 0.426 e. The van der Waals surface area contributed by atoms with Crippen molar-refractivity contribution in [1.82, 2.24) is 0 Å². The predicted octanol–water partition coefficient (Wildman–Crippen LogP) is 4.61. The lowest BCUT2D eigenvalue weighted by atomic mass is 9.87. The van der Waals surface area contributed by atoms with Gasteiger partial charge in [-0.3, -0.25) is 4.79 Å². The van der Waals surface area contributed by atoms with Crippen LogP contribution in [0.1, 0.15) is 24.5 Å². The van der Waals surface area contributed by atoms with Gasteiger partial charge >= 0.3 is 11.9 Å². The molecule has 2 aromatic carbocycles. The van der Waals surface area contributed by atoms with E-state index in [9.17, 15) is 9.59 Å². The Hall–Kier alpha value is -2.04. The molecule has 1 aliphatic carbocycles. The fraction of sp³-hybridized carbons (Fsp3) is 0.263. The molecule has 1 atom stereocenters. The van der Waals surface area contributed by atoms with E-state index in [1.807, 2.05) is 0 Å². The number of rotatable bonds is 3. The molecular formula is C19H16Cl2O4. The lowest BCUT2D eigenvalue weighted by Crippen LogP contribution is -2.19. The lowest BCUT2D eigenvalue weighted by molar-refractivity contribution is -0.132. The molecule has 0 radical (unpaired) electrons. The van der Waals surface area contributed by atoms with Crippen molar-refractivity contribution < 1.29 is 19.1 Å². The summed E-state index contributed by atoms with van der Waals surface area (Å²) < 4.78 is 11.0. The van der Waals surface area contributed by atoms with Gasteiger partial charge in [0.05, 0.1) is 0 Å². The van der Waals surface area contributed by atoms with E-state index in [1.54, 1.807) is 18.2 Å². The molecule has 2 aromatic rings. The number of fused-ring (bicyclic) bond motifs is 2. The first-order valence-corrected chi connectivity index (χ1v) is 8.65. The van der Waals surface area contributed by atoms with E-state index < -0.39 is 11.9 Å². The molecule has 1 aliphatic rings. The van der Waals surface area contributed by atoms with Crippen molar-refractivity contribution in [2.75, 3.05) is 0 Å². The molecule has 0 saturated carbocycles. The highest BCUT2D eigenvalue weighted by molar-refractivity contribution is 6.31. The highest BCUT2D eigenvalue weighted by Crippen LogP contribution is 2.45. The zero-order chi connectivity index (χ0) is 18.1. The molecule has 25 heavy (non-hydrogen) atoms. The summed E-state index contributed by atoms with van der Waals surface area (Å²) in [7, 11) is 0. The minimum Gasteiger partial charge on any atom is -0.426 e. The van der Waals surface area contributed by atoms with Crippen LogP contribution >= 0.6 is 23.2 Å². The highest BCUT2D eigenvalue weighted by Gasteiger charge is 2.28. The summed E-state index contributed by atoms with van der Waals surface area (Å²) in [6.45, 7) is 4.79. The van der Waals surface area contributed by atoms with Crippen LogP contribution in [-0.4, -0.2) is 17.3 Å². The third kappa shape index (κ3) is 3.51. The summed E-state index contributed by atoms with van der Waals surface area (Å²) in [5, 5.41) is 1.68. The Morgan fingerprint density at radius 2 is 1.92 bits per heavy atom. The average Bonchev–Trinajstić information content (AvgIpc) is 2.57. The number of hydrogen-bond donors (Lipinski definition) is 0. The van der Waals surface area contributed by atoms with E-state index in [4.69, 9.17) is 32.7 Å². The first-order valence-electron chi connectivity index (χ1n) is 7.84. The van der Waals surface area contributed by atoms with Gasteiger partial charge < -0.3 is 9.47 Å². The number of halogens is 2. The molecule has 0 heterocycles. The van der Waals surface area contributed by atoms with Gasteiger partial charge in [0.2, 0.25) is 0 Å². The third-order valence-corrected chi connectivity index (χ3v) is 4.74. The number of hydrogen-bond acceptors (Lipinski definition) is 4. The highest BCUT2D eigenvalue weighted by atomic mass is 35.5. The molecule has 0 N–H and O–H groups in total. The van der Waals surface area contributed by atoms with Gasteiger partial charge in [0.25, 0.3) is 0 Å². The van der Waals surface area contributed by atoms with Gasteiger partial charge in [0.15, 0.2) is 0 Å². The molecule has 0 aliphatic heterocycles. The molecule has 0 bridgehead atoms. The molecular weight excluding hydrogens is 363 g/mol. The first-order chi connectivity index (χ1) is 11.9. The van der Waals surface area contributed by atoms with E-state index in [1.165, 1.54) is 6.92 Å². The Morgan fingerprint density at radius 1 is 1.20 bits per heavy atom. The van der Waals surface area contributed by atoms with E-state index in [0.717, 1.165) is 23.6 Å². The van der Waals surface area contributed by atoms with Crippen LogP contribution in [0.2, 0.25) is 5.02 Å².